The molecule has 3 N–H and O–H groups in total. The predicted octanol–water partition coefficient (Wildman–Crippen LogP) is 4.56. The smallest absolute Gasteiger partial charge is 0.482 e. The molecule has 3 saturated carbocycles. The molecule has 1 saturated heterocycles. The quantitative estimate of drug-likeness (QED) is 0.164. The van der Waals surface area contributed by atoms with Crippen molar-refractivity contribution in [1.82, 2.24) is 5.32 Å². The number of rotatable bonds is 10. The second-order valence-corrected chi connectivity index (χ2v) is 14.3. The van der Waals surface area contributed by atoms with Gasteiger partial charge in [-0.25, -0.2) is 4.79 Å². The van der Waals surface area contributed by atoms with Crippen LogP contribution < -0.4 is 20.5 Å². The summed E-state index contributed by atoms with van der Waals surface area (Å²) in [5.74, 6) is -0.685. The average Bonchev–Trinajstić information content (AvgIpc) is 3.36. The van der Waals surface area contributed by atoms with Crippen molar-refractivity contribution in [2.75, 3.05) is 14.2 Å². The van der Waals surface area contributed by atoms with Gasteiger partial charge in [0.25, 0.3) is 0 Å². The summed E-state index contributed by atoms with van der Waals surface area (Å²) in [4.78, 5) is 37.9. The lowest BCUT2D eigenvalue weighted by atomic mass is 9.43. The number of nitrogens with one attached hydrogen (secondary N) is 1. The molecular formula is C33H44BN3O9. The lowest BCUT2D eigenvalue weighted by Gasteiger charge is -2.64. The minimum absolute atomic E-state index is 0.0566. The predicted molar refractivity (Wildman–Crippen MR) is 170 cm³/mol. The molecule has 0 aromatic heterocycles. The van der Waals surface area contributed by atoms with Crippen LogP contribution in [0.2, 0.25) is 0 Å². The first-order chi connectivity index (χ1) is 21.5. The summed E-state index contributed by atoms with van der Waals surface area (Å²) in [5.41, 5.74) is 6.04. The summed E-state index contributed by atoms with van der Waals surface area (Å²) >= 11 is 0. The van der Waals surface area contributed by atoms with Crippen LogP contribution in [-0.2, 0) is 25.3 Å². The van der Waals surface area contributed by atoms with E-state index in [0.717, 1.165) is 12.8 Å². The molecule has 1 aliphatic heterocycles. The number of benzene rings is 2. The van der Waals surface area contributed by atoms with Crippen LogP contribution in [0.1, 0.15) is 81.9 Å². The minimum Gasteiger partial charge on any atom is -0.496 e. The van der Waals surface area contributed by atoms with E-state index in [9.17, 15) is 19.7 Å². The molecule has 248 valence electrons. The number of hydrogen-bond acceptors (Lipinski definition) is 10. The van der Waals surface area contributed by atoms with Crippen molar-refractivity contribution in [3.05, 3.63) is 63.2 Å². The van der Waals surface area contributed by atoms with E-state index >= 15 is 0 Å². The number of nitro groups is 1. The fraction of sp³-hybridized carbons (Fsp3) is 0.576. The number of amides is 1. The fourth-order valence-electron chi connectivity index (χ4n) is 7.47. The van der Waals surface area contributed by atoms with Gasteiger partial charge in [0.05, 0.1) is 36.8 Å². The van der Waals surface area contributed by atoms with E-state index in [1.54, 1.807) is 32.9 Å². The second-order valence-electron chi connectivity index (χ2n) is 14.3. The van der Waals surface area contributed by atoms with Crippen molar-refractivity contribution >= 4 is 24.7 Å². The van der Waals surface area contributed by atoms with Crippen molar-refractivity contribution in [3.63, 3.8) is 0 Å². The van der Waals surface area contributed by atoms with E-state index < -0.39 is 47.1 Å². The molecular weight excluding hydrogens is 593 g/mol. The van der Waals surface area contributed by atoms with Gasteiger partial charge in [0.15, 0.2) is 5.75 Å². The summed E-state index contributed by atoms with van der Waals surface area (Å²) in [6, 6.07) is 8.09. The second kappa shape index (κ2) is 12.2. The first-order valence-corrected chi connectivity index (χ1v) is 15.6. The van der Waals surface area contributed by atoms with Crippen molar-refractivity contribution in [1.29, 1.82) is 0 Å². The topological polar surface area (TPSA) is 161 Å². The Labute approximate surface area is 269 Å². The molecule has 4 fully saturated rings. The van der Waals surface area contributed by atoms with Crippen molar-refractivity contribution in [2.45, 2.75) is 90.1 Å². The number of nitrogens with two attached hydrogens (primary N) is 1. The van der Waals surface area contributed by atoms with Crippen LogP contribution in [0.15, 0.2) is 36.4 Å². The van der Waals surface area contributed by atoms with Gasteiger partial charge in [-0.2, -0.15) is 0 Å². The van der Waals surface area contributed by atoms with Gasteiger partial charge >= 0.3 is 18.8 Å². The molecule has 0 spiro atoms. The van der Waals surface area contributed by atoms with Gasteiger partial charge in [-0.05, 0) is 87.5 Å². The lowest BCUT2D eigenvalue weighted by molar-refractivity contribution is -0.385. The van der Waals surface area contributed by atoms with Crippen LogP contribution in [0.5, 0.6) is 11.5 Å². The maximum absolute atomic E-state index is 13.7. The van der Waals surface area contributed by atoms with Crippen LogP contribution in [0.3, 0.4) is 0 Å². The number of esters is 1. The zero-order valence-electron chi connectivity index (χ0n) is 27.7. The van der Waals surface area contributed by atoms with E-state index in [0.29, 0.717) is 17.2 Å². The third kappa shape index (κ3) is 6.07. The Morgan fingerprint density at radius 3 is 2.48 bits per heavy atom. The molecule has 12 nitrogen and oxygen atoms in total. The highest BCUT2D eigenvalue weighted by Gasteiger charge is 2.68. The highest BCUT2D eigenvalue weighted by molar-refractivity contribution is 6.48. The van der Waals surface area contributed by atoms with Crippen LogP contribution in [0.4, 0.5) is 5.69 Å². The van der Waals surface area contributed by atoms with E-state index in [1.165, 1.54) is 32.4 Å². The number of para-hydroxylation sites is 1. The molecule has 6 rings (SSSR count). The zero-order valence-corrected chi connectivity index (χ0v) is 27.7. The summed E-state index contributed by atoms with van der Waals surface area (Å²) in [7, 11) is 1.97. The first-order valence-electron chi connectivity index (χ1n) is 15.6. The summed E-state index contributed by atoms with van der Waals surface area (Å²) < 4.78 is 29.7. The van der Waals surface area contributed by atoms with Crippen molar-refractivity contribution < 1.29 is 38.0 Å². The Kier molecular flexibility index (Phi) is 8.91. The van der Waals surface area contributed by atoms with Gasteiger partial charge in [-0.3, -0.25) is 14.9 Å². The first kappa shape index (κ1) is 33.7. The lowest BCUT2D eigenvalue weighted by Crippen LogP contribution is -2.65. The van der Waals surface area contributed by atoms with Gasteiger partial charge in [0.2, 0.25) is 5.91 Å². The molecule has 3 aliphatic carbocycles. The number of methoxy groups -OCH3 is 2. The summed E-state index contributed by atoms with van der Waals surface area (Å²) in [6.07, 6.45) is 1.93. The fourth-order valence-corrected chi connectivity index (χ4v) is 7.47. The highest BCUT2D eigenvalue weighted by Crippen LogP contribution is 2.65. The monoisotopic (exact) mass is 637 g/mol. The van der Waals surface area contributed by atoms with Crippen molar-refractivity contribution in [2.24, 2.45) is 23.0 Å². The summed E-state index contributed by atoms with van der Waals surface area (Å²) in [6.45, 7) is 12.0. The van der Waals surface area contributed by atoms with E-state index in [4.69, 9.17) is 29.3 Å². The Bertz CT molecular complexity index is 1530. The van der Waals surface area contributed by atoms with E-state index in [-0.39, 0.29) is 46.4 Å². The zero-order chi connectivity index (χ0) is 33.8. The minimum atomic E-state index is -1.24. The molecule has 6 atom stereocenters. The van der Waals surface area contributed by atoms with Crippen LogP contribution >= 0.6 is 0 Å². The molecule has 2 aromatic carbocycles. The molecule has 1 heterocycles. The molecule has 2 unspecified atom stereocenters. The van der Waals surface area contributed by atoms with Gasteiger partial charge in [0.1, 0.15) is 23.0 Å². The SMILES string of the molecule is COc1ccc(C(N)C(=O)NC(Cc2cccc(C(=O)OC(C)(C)C)c2OC)B2O[C@@H]3C[C@@H]4C[C@@H](C4(C)C)[C@]3(C)O2)cc1[N+](=O)[O-]. The molecule has 13 heteroatoms. The third-order valence-electron chi connectivity index (χ3n) is 10.0. The maximum Gasteiger partial charge on any atom is 0.482 e. The molecule has 2 bridgehead atoms. The molecule has 0 radical (unpaired) electrons. The highest BCUT2D eigenvalue weighted by atomic mass is 16.7. The number of carbonyl (C=O) groups is 2. The third-order valence-corrected chi connectivity index (χ3v) is 10.0. The Balaban J connectivity index is 1.46. The number of nitro benzene ring substituents is 1. The van der Waals surface area contributed by atoms with E-state index in [1.807, 2.05) is 6.07 Å². The summed E-state index contributed by atoms with van der Waals surface area (Å²) in [5, 5.41) is 14.6. The molecule has 46 heavy (non-hydrogen) atoms. The van der Waals surface area contributed by atoms with Crippen molar-refractivity contribution in [3.8, 4) is 11.5 Å². The molecule has 4 aliphatic rings. The van der Waals surface area contributed by atoms with Gasteiger partial charge in [-0.1, -0.05) is 32.0 Å². The molecule has 1 amide bonds. The van der Waals surface area contributed by atoms with E-state index in [2.05, 4.69) is 26.1 Å². The number of carbonyl (C=O) groups excluding carboxylic acids is 2. The van der Waals surface area contributed by atoms with Gasteiger partial charge in [-0.15, -0.1) is 0 Å². The Morgan fingerprint density at radius 1 is 1.15 bits per heavy atom. The Morgan fingerprint density at radius 2 is 1.87 bits per heavy atom. The Hall–Kier alpha value is -3.68. The molecule has 2 aromatic rings. The van der Waals surface area contributed by atoms with Crippen LogP contribution in [-0.4, -0.2) is 61.4 Å². The maximum atomic E-state index is 13.7. The number of nitrogens with zero attached hydrogens (tertiary/aromatic N) is 1. The van der Waals surface area contributed by atoms with Gasteiger partial charge in [0, 0.05) is 6.07 Å². The largest absolute Gasteiger partial charge is 0.496 e. The van der Waals surface area contributed by atoms with Crippen LogP contribution in [0.25, 0.3) is 0 Å². The average molecular weight is 638 g/mol. The van der Waals surface area contributed by atoms with Crippen LogP contribution in [0, 0.1) is 27.4 Å². The normalized spacial score (nSPS) is 25.8. The number of ether oxygens (including phenoxy) is 3. The van der Waals surface area contributed by atoms with Gasteiger partial charge < -0.3 is 34.6 Å². The number of hydrogen-bond donors (Lipinski definition) is 2. The standard InChI is InChI=1S/C33H44BN3O9/c1-31(2,3)44-30(39)21-11-9-10-19(28(21)43-8)15-26(34-45-25-17-20-16-24(32(20,4)5)33(25,6)46-34)36-29(38)27(35)18-12-13-23(42-7)22(14-18)37(40)41/h9-14,20,24-27H,15-17,35H2,1-8H3,(H,36,38)/t20-,24-,25+,26?,27?,33-/m0/s1.